The standard InChI is InChI=1S/C15H17NO4S/c1-11(2)20-14-8-6-12(7-9-14)16-21(18,19)15-5-3-4-13(17)10-15/h3-11,16-17H,1-2H3. The lowest BCUT2D eigenvalue weighted by Crippen LogP contribution is -2.12. The fourth-order valence-corrected chi connectivity index (χ4v) is 2.84. The fraction of sp³-hybridized carbons (Fsp3) is 0.200. The van der Waals surface area contributed by atoms with E-state index in [-0.39, 0.29) is 16.7 Å². The number of nitrogens with one attached hydrogen (secondary N) is 1. The van der Waals surface area contributed by atoms with Gasteiger partial charge in [0.1, 0.15) is 11.5 Å². The topological polar surface area (TPSA) is 75.6 Å². The van der Waals surface area contributed by atoms with E-state index in [1.54, 1.807) is 24.3 Å². The van der Waals surface area contributed by atoms with E-state index < -0.39 is 10.0 Å². The van der Waals surface area contributed by atoms with Crippen LogP contribution in [0.4, 0.5) is 5.69 Å². The summed E-state index contributed by atoms with van der Waals surface area (Å²) in [6.45, 7) is 3.83. The van der Waals surface area contributed by atoms with E-state index in [0.29, 0.717) is 11.4 Å². The van der Waals surface area contributed by atoms with Gasteiger partial charge in [-0.25, -0.2) is 8.42 Å². The molecule has 0 atom stereocenters. The summed E-state index contributed by atoms with van der Waals surface area (Å²) in [7, 11) is -3.72. The van der Waals surface area contributed by atoms with Gasteiger partial charge in [0.2, 0.25) is 0 Å². The van der Waals surface area contributed by atoms with Gasteiger partial charge in [-0.3, -0.25) is 4.72 Å². The Balaban J connectivity index is 2.17. The molecule has 6 heteroatoms. The minimum absolute atomic E-state index is 0.00464. The van der Waals surface area contributed by atoms with Crippen molar-refractivity contribution in [2.24, 2.45) is 0 Å². The molecule has 0 amide bonds. The third kappa shape index (κ3) is 4.13. The molecule has 2 rings (SSSR count). The highest BCUT2D eigenvalue weighted by Crippen LogP contribution is 2.21. The van der Waals surface area contributed by atoms with Crippen LogP contribution in [0, 0.1) is 0 Å². The molecule has 0 bridgehead atoms. The lowest BCUT2D eigenvalue weighted by molar-refractivity contribution is 0.242. The number of anilines is 1. The van der Waals surface area contributed by atoms with E-state index in [9.17, 15) is 13.5 Å². The van der Waals surface area contributed by atoms with Crippen molar-refractivity contribution in [3.05, 3.63) is 48.5 Å². The van der Waals surface area contributed by atoms with Crippen molar-refractivity contribution in [3.8, 4) is 11.5 Å². The molecule has 0 fully saturated rings. The molecular weight excluding hydrogens is 290 g/mol. The highest BCUT2D eigenvalue weighted by atomic mass is 32.2. The quantitative estimate of drug-likeness (QED) is 0.890. The van der Waals surface area contributed by atoms with E-state index in [1.807, 2.05) is 13.8 Å². The van der Waals surface area contributed by atoms with Crippen molar-refractivity contribution in [1.82, 2.24) is 0 Å². The molecular formula is C15H17NO4S. The average molecular weight is 307 g/mol. The average Bonchev–Trinajstić information content (AvgIpc) is 2.40. The second-order valence-electron chi connectivity index (χ2n) is 4.79. The highest BCUT2D eigenvalue weighted by Gasteiger charge is 2.14. The Morgan fingerprint density at radius 2 is 1.76 bits per heavy atom. The number of hydrogen-bond donors (Lipinski definition) is 2. The van der Waals surface area contributed by atoms with Crippen molar-refractivity contribution in [2.75, 3.05) is 4.72 Å². The molecule has 0 heterocycles. The number of phenols is 1. The summed E-state index contributed by atoms with van der Waals surface area (Å²) >= 11 is 0. The summed E-state index contributed by atoms with van der Waals surface area (Å²) in [5, 5.41) is 9.35. The maximum absolute atomic E-state index is 12.2. The van der Waals surface area contributed by atoms with Gasteiger partial charge in [-0.1, -0.05) is 6.07 Å². The van der Waals surface area contributed by atoms with Crippen LogP contribution in [0.5, 0.6) is 11.5 Å². The minimum Gasteiger partial charge on any atom is -0.508 e. The molecule has 2 N–H and O–H groups in total. The predicted octanol–water partition coefficient (Wildman–Crippen LogP) is 2.98. The zero-order valence-corrected chi connectivity index (χ0v) is 12.6. The van der Waals surface area contributed by atoms with E-state index in [1.165, 1.54) is 24.3 Å². The van der Waals surface area contributed by atoms with Crippen LogP contribution < -0.4 is 9.46 Å². The van der Waals surface area contributed by atoms with Gasteiger partial charge in [0.25, 0.3) is 10.0 Å². The Kier molecular flexibility index (Phi) is 4.37. The summed E-state index contributed by atoms with van der Waals surface area (Å²) in [5.74, 6) is 0.573. The molecule has 0 saturated heterocycles. The number of ether oxygens (including phenoxy) is 1. The van der Waals surface area contributed by atoms with Gasteiger partial charge < -0.3 is 9.84 Å². The zero-order chi connectivity index (χ0) is 15.5. The molecule has 0 aliphatic carbocycles. The van der Waals surface area contributed by atoms with E-state index >= 15 is 0 Å². The Labute approximate surface area is 124 Å². The lowest BCUT2D eigenvalue weighted by Gasteiger charge is -2.11. The van der Waals surface area contributed by atoms with Crippen LogP contribution in [0.1, 0.15) is 13.8 Å². The molecule has 2 aromatic carbocycles. The molecule has 0 aliphatic heterocycles. The van der Waals surface area contributed by atoms with Crippen LogP contribution in [0.25, 0.3) is 0 Å². The van der Waals surface area contributed by atoms with Crippen molar-refractivity contribution < 1.29 is 18.3 Å². The smallest absolute Gasteiger partial charge is 0.262 e. The molecule has 0 saturated carbocycles. The van der Waals surface area contributed by atoms with Crippen LogP contribution in [0.2, 0.25) is 0 Å². The van der Waals surface area contributed by atoms with Crippen molar-refractivity contribution in [1.29, 1.82) is 0 Å². The molecule has 0 unspecified atom stereocenters. The molecule has 0 aliphatic rings. The Bertz CT molecular complexity index is 709. The molecule has 21 heavy (non-hydrogen) atoms. The molecule has 0 spiro atoms. The summed E-state index contributed by atoms with van der Waals surface area (Å²) in [6, 6.07) is 12.1. The molecule has 2 aromatic rings. The van der Waals surface area contributed by atoms with Crippen LogP contribution in [0.3, 0.4) is 0 Å². The zero-order valence-electron chi connectivity index (χ0n) is 11.8. The van der Waals surface area contributed by atoms with Crippen molar-refractivity contribution >= 4 is 15.7 Å². The van der Waals surface area contributed by atoms with Gasteiger partial charge in [-0.2, -0.15) is 0 Å². The van der Waals surface area contributed by atoms with Crippen LogP contribution in [-0.4, -0.2) is 19.6 Å². The number of phenolic OH excluding ortho intramolecular Hbond substituents is 1. The fourth-order valence-electron chi connectivity index (χ4n) is 1.74. The maximum Gasteiger partial charge on any atom is 0.262 e. The monoisotopic (exact) mass is 307 g/mol. The number of rotatable bonds is 5. The first-order valence-electron chi connectivity index (χ1n) is 6.45. The Hall–Kier alpha value is -2.21. The first kappa shape index (κ1) is 15.2. The largest absolute Gasteiger partial charge is 0.508 e. The molecule has 5 nitrogen and oxygen atoms in total. The van der Waals surface area contributed by atoms with Gasteiger partial charge in [-0.15, -0.1) is 0 Å². The van der Waals surface area contributed by atoms with Gasteiger partial charge in [0.05, 0.1) is 11.0 Å². The normalized spacial score (nSPS) is 11.4. The lowest BCUT2D eigenvalue weighted by atomic mass is 10.3. The Morgan fingerprint density at radius 3 is 2.33 bits per heavy atom. The van der Waals surface area contributed by atoms with Crippen molar-refractivity contribution in [3.63, 3.8) is 0 Å². The first-order chi connectivity index (χ1) is 9.87. The number of sulfonamides is 1. The second kappa shape index (κ2) is 6.05. The predicted molar refractivity (Wildman–Crippen MR) is 81.1 cm³/mol. The minimum atomic E-state index is -3.72. The van der Waals surface area contributed by atoms with Gasteiger partial charge >= 0.3 is 0 Å². The molecule has 0 aromatic heterocycles. The summed E-state index contributed by atoms with van der Waals surface area (Å²) < 4.78 is 32.3. The molecule has 0 radical (unpaired) electrons. The Morgan fingerprint density at radius 1 is 1.10 bits per heavy atom. The number of hydrogen-bond acceptors (Lipinski definition) is 4. The molecule has 112 valence electrons. The SMILES string of the molecule is CC(C)Oc1ccc(NS(=O)(=O)c2cccc(O)c2)cc1. The van der Waals surface area contributed by atoms with Crippen LogP contribution in [-0.2, 0) is 10.0 Å². The van der Waals surface area contributed by atoms with E-state index in [4.69, 9.17) is 4.74 Å². The summed E-state index contributed by atoms with van der Waals surface area (Å²) in [5.41, 5.74) is 0.425. The van der Waals surface area contributed by atoms with Gasteiger partial charge in [0, 0.05) is 11.8 Å². The second-order valence-corrected chi connectivity index (χ2v) is 6.48. The number of benzene rings is 2. The number of aromatic hydroxyl groups is 1. The highest BCUT2D eigenvalue weighted by molar-refractivity contribution is 7.92. The van der Waals surface area contributed by atoms with Gasteiger partial charge in [-0.05, 0) is 50.2 Å². The van der Waals surface area contributed by atoms with Gasteiger partial charge in [0.15, 0.2) is 0 Å². The maximum atomic E-state index is 12.2. The first-order valence-corrected chi connectivity index (χ1v) is 7.94. The third-order valence-electron chi connectivity index (χ3n) is 2.61. The summed E-state index contributed by atoms with van der Waals surface area (Å²) in [4.78, 5) is 0.00464. The van der Waals surface area contributed by atoms with Crippen LogP contribution >= 0.6 is 0 Å². The van der Waals surface area contributed by atoms with E-state index in [0.717, 1.165) is 0 Å². The third-order valence-corrected chi connectivity index (χ3v) is 3.99. The van der Waals surface area contributed by atoms with Crippen LogP contribution in [0.15, 0.2) is 53.4 Å². The summed E-state index contributed by atoms with van der Waals surface area (Å²) in [6.07, 6.45) is 0.0554. The van der Waals surface area contributed by atoms with E-state index in [2.05, 4.69) is 4.72 Å². The van der Waals surface area contributed by atoms with Crippen molar-refractivity contribution in [2.45, 2.75) is 24.8 Å².